The van der Waals surface area contributed by atoms with E-state index in [1.807, 2.05) is 0 Å². The molecule has 3 saturated heterocycles. The molecule has 4 heterocycles. The van der Waals surface area contributed by atoms with Gasteiger partial charge in [0.2, 0.25) is 0 Å². The number of fused-ring (bicyclic) bond motifs is 5. The van der Waals surface area contributed by atoms with Crippen LogP contribution >= 0.6 is 0 Å². The van der Waals surface area contributed by atoms with Crippen LogP contribution < -0.4 is 0 Å². The van der Waals surface area contributed by atoms with E-state index >= 15 is 0 Å². The molecule has 212 valence electrons. The van der Waals surface area contributed by atoms with E-state index in [-0.39, 0.29) is 6.54 Å². The monoisotopic (exact) mass is 532 g/mol. The lowest BCUT2D eigenvalue weighted by atomic mass is 9.73. The molecule has 2 aliphatic carbocycles. The van der Waals surface area contributed by atoms with Crippen LogP contribution in [-0.2, 0) is 11.2 Å². The first-order valence-corrected chi connectivity index (χ1v) is 16.3. The number of carboxylic acids is 1. The first-order valence-electron chi connectivity index (χ1n) is 16.3. The third-order valence-corrected chi connectivity index (χ3v) is 11.4. The summed E-state index contributed by atoms with van der Waals surface area (Å²) in [6.45, 7) is 1.96. The van der Waals surface area contributed by atoms with Gasteiger partial charge in [0.05, 0.1) is 17.6 Å². The molecule has 1 N–H and O–H groups in total. The van der Waals surface area contributed by atoms with Gasteiger partial charge in [-0.1, -0.05) is 44.2 Å². The normalized spacial score (nSPS) is 34.7. The van der Waals surface area contributed by atoms with Crippen LogP contribution in [0.4, 0.5) is 0 Å². The summed E-state index contributed by atoms with van der Waals surface area (Å²) in [5.41, 5.74) is 2.48. The number of piperidine rings is 3. The lowest BCUT2D eigenvalue weighted by Gasteiger charge is -2.54. The van der Waals surface area contributed by atoms with E-state index in [4.69, 9.17) is 4.98 Å². The van der Waals surface area contributed by atoms with Crippen LogP contribution in [0.1, 0.15) is 102 Å². The van der Waals surface area contributed by atoms with E-state index in [9.17, 15) is 9.90 Å². The number of likely N-dealkylation sites (tertiary alicyclic amines) is 1. The second-order valence-electron chi connectivity index (χ2n) is 13.9. The summed E-state index contributed by atoms with van der Waals surface area (Å²) in [5, 5.41) is 9.19. The molecule has 4 bridgehead atoms. The Hall–Kier alpha value is -1.92. The van der Waals surface area contributed by atoms with Gasteiger partial charge in [-0.25, -0.2) is 4.98 Å². The number of rotatable bonds is 6. The predicted molar refractivity (Wildman–Crippen MR) is 155 cm³/mol. The number of aliphatic carboxylic acids is 1. The highest BCUT2D eigenvalue weighted by molar-refractivity contribution is 5.76. The molecule has 6 heteroatoms. The zero-order chi connectivity index (χ0) is 26.3. The van der Waals surface area contributed by atoms with Gasteiger partial charge in [-0.15, -0.1) is 0 Å². The molecule has 0 spiro atoms. The Bertz CT molecular complexity index is 1130. The number of hydrogen-bond donors (Lipinski definition) is 1. The Morgan fingerprint density at radius 3 is 2.18 bits per heavy atom. The third kappa shape index (κ3) is 5.40. The molecular formula is C33H48N4O2. The second kappa shape index (κ2) is 11.2. The van der Waals surface area contributed by atoms with Gasteiger partial charge in [0.1, 0.15) is 5.82 Å². The molecule has 1 aromatic heterocycles. The van der Waals surface area contributed by atoms with Crippen LogP contribution in [0.3, 0.4) is 0 Å². The molecule has 0 amide bonds. The SMILES string of the molecule is O=C(O)CN1CCC(Cc2nc3ccccc3n2C2CC3CCCC(C2)N3C2CC3CCCCC(C3)C2)CC1. The van der Waals surface area contributed by atoms with Crippen molar-refractivity contribution in [2.75, 3.05) is 19.6 Å². The van der Waals surface area contributed by atoms with Crippen molar-refractivity contribution < 1.29 is 9.90 Å². The fourth-order valence-corrected chi connectivity index (χ4v) is 9.75. The van der Waals surface area contributed by atoms with E-state index in [0.717, 1.165) is 67.8 Å². The minimum Gasteiger partial charge on any atom is -0.480 e. The summed E-state index contributed by atoms with van der Waals surface area (Å²) in [5.74, 6) is 3.14. The Labute approximate surface area is 234 Å². The van der Waals surface area contributed by atoms with Crippen LogP contribution in [0.25, 0.3) is 11.0 Å². The highest BCUT2D eigenvalue weighted by atomic mass is 16.4. The van der Waals surface area contributed by atoms with Gasteiger partial charge in [-0.05, 0) is 101 Å². The smallest absolute Gasteiger partial charge is 0.317 e. The van der Waals surface area contributed by atoms with Gasteiger partial charge in [0.25, 0.3) is 0 Å². The number of carboxylic acid groups (broad SMARTS) is 1. The molecule has 6 nitrogen and oxygen atoms in total. The minimum absolute atomic E-state index is 0.176. The molecule has 3 aliphatic heterocycles. The van der Waals surface area contributed by atoms with Crippen LogP contribution in [0, 0.1) is 17.8 Å². The van der Waals surface area contributed by atoms with Gasteiger partial charge in [-0.2, -0.15) is 0 Å². The number of aromatic nitrogens is 2. The Kier molecular flexibility index (Phi) is 7.44. The van der Waals surface area contributed by atoms with Crippen LogP contribution in [-0.4, -0.2) is 68.2 Å². The first kappa shape index (κ1) is 26.0. The topological polar surface area (TPSA) is 61.6 Å². The maximum atomic E-state index is 11.2. The van der Waals surface area contributed by atoms with Gasteiger partial charge in [0.15, 0.2) is 0 Å². The number of para-hydroxylation sites is 2. The van der Waals surface area contributed by atoms with E-state index in [0.29, 0.717) is 12.0 Å². The van der Waals surface area contributed by atoms with E-state index in [1.54, 1.807) is 0 Å². The van der Waals surface area contributed by atoms with Crippen molar-refractivity contribution in [1.82, 2.24) is 19.4 Å². The molecule has 7 rings (SSSR count). The number of imidazole rings is 1. The van der Waals surface area contributed by atoms with Crippen LogP contribution in [0.15, 0.2) is 24.3 Å². The quantitative estimate of drug-likeness (QED) is 0.474. The van der Waals surface area contributed by atoms with E-state index in [1.165, 1.54) is 88.4 Å². The predicted octanol–water partition coefficient (Wildman–Crippen LogP) is 6.29. The van der Waals surface area contributed by atoms with Gasteiger partial charge in [-0.3, -0.25) is 14.6 Å². The highest BCUT2D eigenvalue weighted by Crippen LogP contribution is 2.47. The molecule has 2 saturated carbocycles. The molecule has 4 unspecified atom stereocenters. The molecule has 4 atom stereocenters. The lowest BCUT2D eigenvalue weighted by molar-refractivity contribution is -0.138. The zero-order valence-corrected chi connectivity index (χ0v) is 23.7. The van der Waals surface area contributed by atoms with Crippen LogP contribution in [0.2, 0.25) is 0 Å². The third-order valence-electron chi connectivity index (χ3n) is 11.4. The summed E-state index contributed by atoms with van der Waals surface area (Å²) >= 11 is 0. The number of benzene rings is 1. The second-order valence-corrected chi connectivity index (χ2v) is 13.9. The molecule has 5 aliphatic rings. The van der Waals surface area contributed by atoms with E-state index < -0.39 is 5.97 Å². The molecular weight excluding hydrogens is 484 g/mol. The Morgan fingerprint density at radius 1 is 0.795 bits per heavy atom. The van der Waals surface area contributed by atoms with Gasteiger partial charge in [0, 0.05) is 30.6 Å². The average molecular weight is 533 g/mol. The highest BCUT2D eigenvalue weighted by Gasteiger charge is 2.45. The maximum Gasteiger partial charge on any atom is 0.317 e. The van der Waals surface area contributed by atoms with Crippen molar-refractivity contribution in [2.45, 2.75) is 120 Å². The number of hydrogen-bond acceptors (Lipinski definition) is 4. The number of nitrogens with zero attached hydrogens (tertiary/aromatic N) is 4. The largest absolute Gasteiger partial charge is 0.480 e. The molecule has 39 heavy (non-hydrogen) atoms. The van der Waals surface area contributed by atoms with Gasteiger partial charge >= 0.3 is 5.97 Å². The molecule has 1 aromatic carbocycles. The van der Waals surface area contributed by atoms with Crippen molar-refractivity contribution in [3.05, 3.63) is 30.1 Å². The average Bonchev–Trinajstić information content (AvgIpc) is 3.19. The summed E-state index contributed by atoms with van der Waals surface area (Å²) in [4.78, 5) is 21.6. The lowest BCUT2D eigenvalue weighted by Crippen LogP contribution is -2.58. The maximum absolute atomic E-state index is 11.2. The molecule has 2 aromatic rings. The summed E-state index contributed by atoms with van der Waals surface area (Å²) < 4.78 is 2.68. The Morgan fingerprint density at radius 2 is 1.49 bits per heavy atom. The first-order chi connectivity index (χ1) is 19.1. The standard InChI is InChI=1S/C33H48N4O2/c38-33(39)22-35-14-12-23(13-15-35)19-32-34-30-10-3-4-11-31(30)37(32)29-20-26-8-5-9-27(21-29)36(26)28-17-24-6-1-2-7-25(16-24)18-28/h3-4,10-11,23-29H,1-2,5-9,12-22H2,(H,38,39). The molecule has 0 radical (unpaired) electrons. The number of carbonyl (C=O) groups is 1. The summed E-state index contributed by atoms with van der Waals surface area (Å²) in [6, 6.07) is 11.7. The summed E-state index contributed by atoms with van der Waals surface area (Å²) in [6.07, 6.45) is 20.3. The van der Waals surface area contributed by atoms with Crippen molar-refractivity contribution >= 4 is 17.0 Å². The minimum atomic E-state index is -0.709. The summed E-state index contributed by atoms with van der Waals surface area (Å²) in [7, 11) is 0. The van der Waals surface area contributed by atoms with Crippen molar-refractivity contribution in [1.29, 1.82) is 0 Å². The Balaban J connectivity index is 1.11. The van der Waals surface area contributed by atoms with Crippen LogP contribution in [0.5, 0.6) is 0 Å². The zero-order valence-electron chi connectivity index (χ0n) is 23.7. The fraction of sp³-hybridized carbons (Fsp3) is 0.758. The molecule has 5 fully saturated rings. The van der Waals surface area contributed by atoms with E-state index in [2.05, 4.69) is 38.6 Å². The van der Waals surface area contributed by atoms with Crippen molar-refractivity contribution in [3.63, 3.8) is 0 Å². The van der Waals surface area contributed by atoms with Crippen molar-refractivity contribution in [2.24, 2.45) is 17.8 Å². The van der Waals surface area contributed by atoms with Gasteiger partial charge < -0.3 is 9.67 Å². The van der Waals surface area contributed by atoms with Crippen molar-refractivity contribution in [3.8, 4) is 0 Å². The fourth-order valence-electron chi connectivity index (χ4n) is 9.75.